The van der Waals surface area contributed by atoms with Crippen molar-refractivity contribution in [2.75, 3.05) is 17.2 Å². The first-order valence-corrected chi connectivity index (χ1v) is 10.9. The number of nitrogens with two attached hydrogens (primary N) is 1. The zero-order valence-electron chi connectivity index (χ0n) is 18.8. The number of carbonyl (C=O) groups excluding carboxylic acids is 1. The van der Waals surface area contributed by atoms with Crippen LogP contribution in [-0.2, 0) is 6.54 Å². The van der Waals surface area contributed by atoms with Gasteiger partial charge in [-0.2, -0.15) is 0 Å². The minimum atomic E-state index is -0.655. The number of anilines is 2. The Balaban J connectivity index is 2.03. The predicted molar refractivity (Wildman–Crippen MR) is 129 cm³/mol. The monoisotopic (exact) mass is 434 g/mol. The van der Waals surface area contributed by atoms with E-state index in [4.69, 9.17) is 5.73 Å². The SMILES string of the molecule is CCCCN(C(=O)c1ccc(-c2ccccc2)cc1)c1c(N)n(CC(C)C)c(=O)[nH]c1=O. The average molecular weight is 435 g/mol. The maximum absolute atomic E-state index is 13.5. The number of rotatable bonds is 8. The maximum Gasteiger partial charge on any atom is 0.330 e. The minimum Gasteiger partial charge on any atom is -0.383 e. The zero-order valence-corrected chi connectivity index (χ0v) is 18.8. The van der Waals surface area contributed by atoms with Crippen LogP contribution in [0.5, 0.6) is 0 Å². The summed E-state index contributed by atoms with van der Waals surface area (Å²) in [5.74, 6) is -0.179. The van der Waals surface area contributed by atoms with E-state index in [9.17, 15) is 14.4 Å². The van der Waals surface area contributed by atoms with Gasteiger partial charge in [0.05, 0.1) is 0 Å². The lowest BCUT2D eigenvalue weighted by Gasteiger charge is -2.25. The predicted octanol–water partition coefficient (Wildman–Crippen LogP) is 3.89. The minimum absolute atomic E-state index is 0.0119. The highest BCUT2D eigenvalue weighted by molar-refractivity contribution is 6.07. The van der Waals surface area contributed by atoms with Gasteiger partial charge in [-0.1, -0.05) is 69.7 Å². The molecule has 0 spiro atoms. The van der Waals surface area contributed by atoms with Crippen molar-refractivity contribution in [2.45, 2.75) is 40.2 Å². The van der Waals surface area contributed by atoms with E-state index >= 15 is 0 Å². The number of hydrogen-bond acceptors (Lipinski definition) is 4. The summed E-state index contributed by atoms with van der Waals surface area (Å²) in [6, 6.07) is 17.1. The van der Waals surface area contributed by atoms with Crippen LogP contribution in [0.2, 0.25) is 0 Å². The second-order valence-corrected chi connectivity index (χ2v) is 8.25. The van der Waals surface area contributed by atoms with Crippen molar-refractivity contribution in [2.24, 2.45) is 5.92 Å². The summed E-state index contributed by atoms with van der Waals surface area (Å²) >= 11 is 0. The Morgan fingerprint density at radius 2 is 1.66 bits per heavy atom. The molecule has 3 aromatic rings. The molecule has 0 saturated carbocycles. The third-order valence-electron chi connectivity index (χ3n) is 5.25. The molecule has 3 rings (SSSR count). The summed E-state index contributed by atoms with van der Waals surface area (Å²) in [7, 11) is 0. The van der Waals surface area contributed by atoms with Crippen molar-refractivity contribution in [3.63, 3.8) is 0 Å². The molecule has 32 heavy (non-hydrogen) atoms. The Bertz CT molecular complexity index is 1180. The highest BCUT2D eigenvalue weighted by atomic mass is 16.2. The molecule has 0 aliphatic rings. The van der Waals surface area contributed by atoms with Gasteiger partial charge < -0.3 is 10.6 Å². The summed E-state index contributed by atoms with van der Waals surface area (Å²) in [4.78, 5) is 42.2. The van der Waals surface area contributed by atoms with Gasteiger partial charge in [0.15, 0.2) is 5.69 Å². The highest BCUT2D eigenvalue weighted by Crippen LogP contribution is 2.23. The van der Waals surface area contributed by atoms with Crippen LogP contribution in [0.3, 0.4) is 0 Å². The topological polar surface area (TPSA) is 101 Å². The number of amides is 1. The van der Waals surface area contributed by atoms with E-state index in [1.54, 1.807) is 12.1 Å². The molecule has 0 radical (unpaired) electrons. The van der Waals surface area contributed by atoms with Gasteiger partial charge in [-0.05, 0) is 35.6 Å². The van der Waals surface area contributed by atoms with Crippen molar-refractivity contribution in [1.29, 1.82) is 0 Å². The number of carbonyl (C=O) groups is 1. The summed E-state index contributed by atoms with van der Waals surface area (Å²) in [5.41, 5.74) is 7.56. The van der Waals surface area contributed by atoms with E-state index in [2.05, 4.69) is 4.98 Å². The molecule has 3 N–H and O–H groups in total. The van der Waals surface area contributed by atoms with Crippen LogP contribution in [0.25, 0.3) is 11.1 Å². The summed E-state index contributed by atoms with van der Waals surface area (Å²) < 4.78 is 1.33. The lowest BCUT2D eigenvalue weighted by molar-refractivity contribution is 0.0986. The fraction of sp³-hybridized carbons (Fsp3) is 0.320. The van der Waals surface area contributed by atoms with Crippen LogP contribution in [0.15, 0.2) is 64.2 Å². The standard InChI is InChI=1S/C25H30N4O3/c1-4-5-15-28(21-22(26)29(16-17(2)3)25(32)27-23(21)30)24(31)20-13-11-19(12-14-20)18-9-7-6-8-10-18/h6-14,17H,4-5,15-16,26H2,1-3H3,(H,27,30,32). The van der Waals surface area contributed by atoms with Gasteiger partial charge >= 0.3 is 5.69 Å². The number of aromatic nitrogens is 2. The number of H-pyrrole nitrogens is 1. The third kappa shape index (κ3) is 4.99. The number of hydrogen-bond donors (Lipinski definition) is 2. The number of nitrogen functional groups attached to an aromatic ring is 1. The Kier molecular flexibility index (Phi) is 7.30. The van der Waals surface area contributed by atoms with Crippen molar-refractivity contribution < 1.29 is 4.79 Å². The van der Waals surface area contributed by atoms with Crippen LogP contribution < -0.4 is 21.9 Å². The molecule has 2 aromatic carbocycles. The summed E-state index contributed by atoms with van der Waals surface area (Å²) in [6.45, 7) is 6.57. The molecule has 0 unspecified atom stereocenters. The molecule has 7 nitrogen and oxygen atoms in total. The molecular formula is C25H30N4O3. The van der Waals surface area contributed by atoms with Gasteiger partial charge in [-0.3, -0.25) is 19.1 Å². The van der Waals surface area contributed by atoms with Crippen LogP contribution in [0.4, 0.5) is 11.5 Å². The van der Waals surface area contributed by atoms with Crippen LogP contribution in [0, 0.1) is 5.92 Å². The van der Waals surface area contributed by atoms with Gasteiger partial charge in [0, 0.05) is 18.7 Å². The van der Waals surface area contributed by atoms with Crippen LogP contribution in [-0.4, -0.2) is 22.0 Å². The van der Waals surface area contributed by atoms with Gasteiger partial charge in [-0.15, -0.1) is 0 Å². The van der Waals surface area contributed by atoms with Crippen LogP contribution >= 0.6 is 0 Å². The number of nitrogens with one attached hydrogen (secondary N) is 1. The highest BCUT2D eigenvalue weighted by Gasteiger charge is 2.25. The number of nitrogens with zero attached hydrogens (tertiary/aromatic N) is 2. The van der Waals surface area contributed by atoms with Gasteiger partial charge in [0.2, 0.25) is 0 Å². The quantitative estimate of drug-likeness (QED) is 0.562. The van der Waals surface area contributed by atoms with Crippen molar-refractivity contribution >= 4 is 17.4 Å². The molecule has 1 heterocycles. The van der Waals surface area contributed by atoms with Crippen molar-refractivity contribution in [3.05, 3.63) is 81.0 Å². The first-order valence-electron chi connectivity index (χ1n) is 10.9. The molecular weight excluding hydrogens is 404 g/mol. The Morgan fingerprint density at radius 1 is 1.03 bits per heavy atom. The third-order valence-corrected chi connectivity index (χ3v) is 5.25. The molecule has 0 fully saturated rings. The molecule has 0 bridgehead atoms. The molecule has 7 heteroatoms. The lowest BCUT2D eigenvalue weighted by Crippen LogP contribution is -2.42. The molecule has 1 aromatic heterocycles. The first-order chi connectivity index (χ1) is 15.3. The largest absolute Gasteiger partial charge is 0.383 e. The van der Waals surface area contributed by atoms with Crippen LogP contribution in [0.1, 0.15) is 44.0 Å². The van der Waals surface area contributed by atoms with E-state index in [0.717, 1.165) is 17.5 Å². The molecule has 0 aliphatic heterocycles. The molecule has 1 amide bonds. The fourth-order valence-corrected chi connectivity index (χ4v) is 3.61. The van der Waals surface area contributed by atoms with E-state index in [0.29, 0.717) is 25.1 Å². The number of benzene rings is 2. The van der Waals surface area contributed by atoms with Crippen molar-refractivity contribution in [3.8, 4) is 11.1 Å². The summed E-state index contributed by atoms with van der Waals surface area (Å²) in [6.07, 6.45) is 1.52. The van der Waals surface area contributed by atoms with Gasteiger partial charge in [0.25, 0.3) is 11.5 Å². The Hall–Kier alpha value is -3.61. The van der Waals surface area contributed by atoms with E-state index in [1.165, 1.54) is 9.47 Å². The Labute approximate surface area is 187 Å². The van der Waals surface area contributed by atoms with Gasteiger partial charge in [-0.25, -0.2) is 4.79 Å². The molecule has 0 atom stereocenters. The molecule has 0 saturated heterocycles. The van der Waals surface area contributed by atoms with E-state index in [-0.39, 0.29) is 23.3 Å². The number of aromatic amines is 1. The maximum atomic E-state index is 13.5. The first kappa shape index (κ1) is 23.1. The number of unbranched alkanes of at least 4 members (excludes halogenated alkanes) is 1. The van der Waals surface area contributed by atoms with Crippen molar-refractivity contribution in [1.82, 2.24) is 9.55 Å². The second kappa shape index (κ2) is 10.1. The van der Waals surface area contributed by atoms with E-state index < -0.39 is 11.2 Å². The Morgan fingerprint density at radius 3 is 2.25 bits per heavy atom. The smallest absolute Gasteiger partial charge is 0.330 e. The summed E-state index contributed by atoms with van der Waals surface area (Å²) in [5, 5.41) is 0. The zero-order chi connectivity index (χ0) is 23.3. The lowest BCUT2D eigenvalue weighted by atomic mass is 10.0. The molecule has 168 valence electrons. The van der Waals surface area contributed by atoms with E-state index in [1.807, 2.05) is 63.2 Å². The normalized spacial score (nSPS) is 11.0. The fourth-order valence-electron chi connectivity index (χ4n) is 3.61. The second-order valence-electron chi connectivity index (χ2n) is 8.25. The average Bonchev–Trinajstić information content (AvgIpc) is 2.79. The molecule has 0 aliphatic carbocycles. The van der Waals surface area contributed by atoms with Gasteiger partial charge in [0.1, 0.15) is 5.82 Å².